The monoisotopic (exact) mass is 154 g/mol. The zero-order valence-electron chi connectivity index (χ0n) is 7.40. The van der Waals surface area contributed by atoms with Crippen molar-refractivity contribution in [2.75, 3.05) is 26.7 Å². The van der Waals surface area contributed by atoms with Gasteiger partial charge in [0.05, 0.1) is 0 Å². The maximum atomic E-state index is 3.68. The van der Waals surface area contributed by atoms with Crippen LogP contribution in [0.4, 0.5) is 0 Å². The second kappa shape index (κ2) is 2.76. The van der Waals surface area contributed by atoms with Gasteiger partial charge in [-0.3, -0.25) is 0 Å². The average Bonchev–Trinajstić information content (AvgIpc) is 2.09. The number of likely N-dealkylation sites (N-methyl/N-ethyl adjacent to an activating group) is 1. The molecule has 0 radical (unpaired) electrons. The Morgan fingerprint density at radius 1 is 1.27 bits per heavy atom. The van der Waals surface area contributed by atoms with Crippen LogP contribution in [0.3, 0.4) is 0 Å². The predicted molar refractivity (Wildman–Crippen MR) is 46.7 cm³/mol. The van der Waals surface area contributed by atoms with Crippen LogP contribution in [0.5, 0.6) is 0 Å². The first-order valence-electron chi connectivity index (χ1n) is 4.74. The van der Waals surface area contributed by atoms with Crippen molar-refractivity contribution in [3.8, 4) is 0 Å². The van der Waals surface area contributed by atoms with Crippen LogP contribution in [0.25, 0.3) is 0 Å². The molecule has 1 saturated carbocycles. The smallest absolute Gasteiger partial charge is 0.0308 e. The van der Waals surface area contributed by atoms with E-state index in [1.807, 2.05) is 0 Å². The second-order valence-corrected chi connectivity index (χ2v) is 4.15. The summed E-state index contributed by atoms with van der Waals surface area (Å²) in [6, 6.07) is 0. The molecule has 0 unspecified atom stereocenters. The van der Waals surface area contributed by atoms with Crippen LogP contribution in [-0.4, -0.2) is 37.1 Å². The number of hydrogen-bond acceptors (Lipinski definition) is 2. The highest BCUT2D eigenvalue weighted by molar-refractivity contribution is 4.99. The van der Waals surface area contributed by atoms with E-state index in [1.54, 1.807) is 0 Å². The van der Waals surface area contributed by atoms with Gasteiger partial charge in [0.1, 0.15) is 0 Å². The maximum absolute atomic E-state index is 3.68. The van der Waals surface area contributed by atoms with E-state index in [4.69, 9.17) is 0 Å². The second-order valence-electron chi connectivity index (χ2n) is 4.15. The predicted octanol–water partition coefficient (Wildman–Crippen LogP) is 0.834. The largest absolute Gasteiger partial charge is 0.310 e. The highest BCUT2D eigenvalue weighted by Crippen LogP contribution is 2.33. The van der Waals surface area contributed by atoms with Crippen LogP contribution in [0.1, 0.15) is 25.7 Å². The third-order valence-electron chi connectivity index (χ3n) is 3.10. The van der Waals surface area contributed by atoms with Crippen LogP contribution in [0.2, 0.25) is 0 Å². The summed E-state index contributed by atoms with van der Waals surface area (Å²) < 4.78 is 0. The van der Waals surface area contributed by atoms with Gasteiger partial charge in [0.25, 0.3) is 0 Å². The van der Waals surface area contributed by atoms with E-state index in [0.29, 0.717) is 5.54 Å². The molecule has 1 spiro atoms. The number of hydrogen-bond donors (Lipinski definition) is 1. The van der Waals surface area contributed by atoms with E-state index < -0.39 is 0 Å². The molecule has 0 aromatic carbocycles. The Bertz CT molecular complexity index is 140. The minimum Gasteiger partial charge on any atom is -0.310 e. The van der Waals surface area contributed by atoms with Crippen LogP contribution >= 0.6 is 0 Å². The molecule has 1 N–H and O–H groups in total. The summed E-state index contributed by atoms with van der Waals surface area (Å²) in [6.07, 6.45) is 5.55. The van der Waals surface area contributed by atoms with Crippen molar-refractivity contribution in [1.82, 2.24) is 10.2 Å². The Morgan fingerprint density at radius 3 is 2.73 bits per heavy atom. The Hall–Kier alpha value is -0.0800. The average molecular weight is 154 g/mol. The van der Waals surface area contributed by atoms with Gasteiger partial charge in [0.15, 0.2) is 0 Å². The SMILES string of the molecule is CN1CCCNC2(CCC2)C1. The van der Waals surface area contributed by atoms with Gasteiger partial charge in [-0.15, -0.1) is 0 Å². The van der Waals surface area contributed by atoms with Crippen LogP contribution in [-0.2, 0) is 0 Å². The van der Waals surface area contributed by atoms with Crippen LogP contribution < -0.4 is 5.32 Å². The zero-order valence-corrected chi connectivity index (χ0v) is 7.40. The molecular weight excluding hydrogens is 136 g/mol. The Balaban J connectivity index is 1.97. The highest BCUT2D eigenvalue weighted by Gasteiger charge is 2.37. The molecular formula is C9H18N2. The molecule has 1 aliphatic carbocycles. The fraction of sp³-hybridized carbons (Fsp3) is 1.00. The molecule has 0 bridgehead atoms. The van der Waals surface area contributed by atoms with Crippen molar-refractivity contribution >= 4 is 0 Å². The number of rotatable bonds is 0. The first-order chi connectivity index (χ1) is 5.31. The van der Waals surface area contributed by atoms with E-state index >= 15 is 0 Å². The Morgan fingerprint density at radius 2 is 2.09 bits per heavy atom. The highest BCUT2D eigenvalue weighted by atomic mass is 15.2. The molecule has 11 heavy (non-hydrogen) atoms. The van der Waals surface area contributed by atoms with E-state index in [9.17, 15) is 0 Å². The van der Waals surface area contributed by atoms with Gasteiger partial charge in [0.2, 0.25) is 0 Å². The van der Waals surface area contributed by atoms with Crippen molar-refractivity contribution in [2.24, 2.45) is 0 Å². The van der Waals surface area contributed by atoms with Crippen molar-refractivity contribution < 1.29 is 0 Å². The third-order valence-corrected chi connectivity index (χ3v) is 3.10. The molecule has 2 nitrogen and oxygen atoms in total. The summed E-state index contributed by atoms with van der Waals surface area (Å²) in [4.78, 5) is 2.47. The molecule has 1 heterocycles. The van der Waals surface area contributed by atoms with Crippen LogP contribution in [0.15, 0.2) is 0 Å². The molecule has 0 aromatic heterocycles. The molecule has 0 atom stereocenters. The summed E-state index contributed by atoms with van der Waals surface area (Å²) in [5.74, 6) is 0. The fourth-order valence-corrected chi connectivity index (χ4v) is 2.29. The lowest BCUT2D eigenvalue weighted by atomic mass is 9.76. The molecule has 1 aliphatic heterocycles. The molecule has 0 amide bonds. The third kappa shape index (κ3) is 1.42. The lowest BCUT2D eigenvalue weighted by Gasteiger charge is -2.43. The number of nitrogens with one attached hydrogen (secondary N) is 1. The minimum absolute atomic E-state index is 0.533. The van der Waals surface area contributed by atoms with Gasteiger partial charge in [-0.25, -0.2) is 0 Å². The first-order valence-corrected chi connectivity index (χ1v) is 4.74. The summed E-state index contributed by atoms with van der Waals surface area (Å²) in [5.41, 5.74) is 0.533. The number of nitrogens with zero attached hydrogens (tertiary/aromatic N) is 1. The molecule has 2 aliphatic rings. The van der Waals surface area contributed by atoms with Gasteiger partial charge in [-0.2, -0.15) is 0 Å². The van der Waals surface area contributed by atoms with E-state index in [1.165, 1.54) is 45.3 Å². The fourth-order valence-electron chi connectivity index (χ4n) is 2.29. The van der Waals surface area contributed by atoms with Crippen molar-refractivity contribution in [1.29, 1.82) is 0 Å². The Kier molecular flexibility index (Phi) is 1.90. The Labute approximate surface area is 69.0 Å². The normalized spacial score (nSPS) is 31.4. The first kappa shape index (κ1) is 7.56. The van der Waals surface area contributed by atoms with Gasteiger partial charge in [-0.1, -0.05) is 0 Å². The molecule has 64 valence electrons. The van der Waals surface area contributed by atoms with Gasteiger partial charge in [-0.05, 0) is 45.8 Å². The maximum Gasteiger partial charge on any atom is 0.0308 e. The zero-order chi connectivity index (χ0) is 7.73. The lowest BCUT2D eigenvalue weighted by molar-refractivity contribution is 0.146. The molecule has 1 saturated heterocycles. The minimum atomic E-state index is 0.533. The summed E-state index contributed by atoms with van der Waals surface area (Å²) in [7, 11) is 2.24. The topological polar surface area (TPSA) is 15.3 Å². The van der Waals surface area contributed by atoms with Crippen LogP contribution in [0, 0.1) is 0 Å². The van der Waals surface area contributed by atoms with Crippen molar-refractivity contribution in [3.05, 3.63) is 0 Å². The molecule has 0 aromatic rings. The van der Waals surface area contributed by atoms with Crippen molar-refractivity contribution in [3.63, 3.8) is 0 Å². The summed E-state index contributed by atoms with van der Waals surface area (Å²) >= 11 is 0. The van der Waals surface area contributed by atoms with Crippen molar-refractivity contribution in [2.45, 2.75) is 31.2 Å². The lowest BCUT2D eigenvalue weighted by Crippen LogP contribution is -2.55. The van der Waals surface area contributed by atoms with Gasteiger partial charge in [0, 0.05) is 12.1 Å². The van der Waals surface area contributed by atoms with E-state index in [2.05, 4.69) is 17.3 Å². The van der Waals surface area contributed by atoms with Gasteiger partial charge >= 0.3 is 0 Å². The van der Waals surface area contributed by atoms with Gasteiger partial charge < -0.3 is 10.2 Å². The summed E-state index contributed by atoms with van der Waals surface area (Å²) in [6.45, 7) is 3.77. The van der Waals surface area contributed by atoms with E-state index in [-0.39, 0.29) is 0 Å². The standard InChI is InChI=1S/C9H18N2/c1-11-7-3-6-10-9(8-11)4-2-5-9/h10H,2-8H2,1H3. The molecule has 2 fully saturated rings. The molecule has 2 rings (SSSR count). The van der Waals surface area contributed by atoms with E-state index in [0.717, 1.165) is 0 Å². The summed E-state index contributed by atoms with van der Waals surface area (Å²) in [5, 5.41) is 3.68. The molecule has 2 heteroatoms. The quantitative estimate of drug-likeness (QED) is 0.556.